The maximum atomic E-state index is 13.4. The molecule has 0 saturated heterocycles. The maximum absolute atomic E-state index is 13.4. The van der Waals surface area contributed by atoms with Crippen molar-refractivity contribution < 1.29 is 28.7 Å². The van der Waals surface area contributed by atoms with Gasteiger partial charge in [0, 0.05) is 21.8 Å². The maximum Gasteiger partial charge on any atom is 0.338 e. The number of benzene rings is 4. The van der Waals surface area contributed by atoms with Crippen LogP contribution in [0.15, 0.2) is 114 Å². The van der Waals surface area contributed by atoms with Crippen LogP contribution in [0.3, 0.4) is 0 Å². The van der Waals surface area contributed by atoms with Gasteiger partial charge in [-0.1, -0.05) is 36.4 Å². The van der Waals surface area contributed by atoms with Gasteiger partial charge in [-0.25, -0.2) is 4.79 Å². The zero-order valence-corrected chi connectivity index (χ0v) is 25.7. The lowest BCUT2D eigenvalue weighted by Gasteiger charge is -2.12. The third kappa shape index (κ3) is 10.1. The summed E-state index contributed by atoms with van der Waals surface area (Å²) in [6.45, 7) is 4.45. The van der Waals surface area contributed by atoms with Crippen molar-refractivity contribution >= 4 is 52.9 Å². The van der Waals surface area contributed by atoms with Crippen molar-refractivity contribution in [3.05, 3.63) is 126 Å². The summed E-state index contributed by atoms with van der Waals surface area (Å²) >= 11 is 1.29. The summed E-state index contributed by atoms with van der Waals surface area (Å²) < 4.78 is 10.5. The summed E-state index contributed by atoms with van der Waals surface area (Å²) in [4.78, 5) is 51.5. The van der Waals surface area contributed by atoms with Crippen molar-refractivity contribution in [2.45, 2.75) is 18.7 Å². The third-order valence-corrected chi connectivity index (χ3v) is 7.17. The number of anilines is 2. The molecule has 0 bridgehead atoms. The molecule has 4 aromatic carbocycles. The summed E-state index contributed by atoms with van der Waals surface area (Å²) in [5.74, 6) is -0.776. The van der Waals surface area contributed by atoms with Gasteiger partial charge in [-0.2, -0.15) is 0 Å². The molecule has 0 aliphatic rings. The van der Waals surface area contributed by atoms with Crippen LogP contribution in [0.2, 0.25) is 0 Å². The molecule has 0 aromatic heterocycles. The number of hydrogen-bond donors (Lipinski definition) is 3. The highest BCUT2D eigenvalue weighted by atomic mass is 32.2. The second-order valence-corrected chi connectivity index (χ2v) is 10.5. The quantitative estimate of drug-likeness (QED) is 0.0895. The highest BCUT2D eigenvalue weighted by molar-refractivity contribution is 8.00. The van der Waals surface area contributed by atoms with Crippen LogP contribution in [0, 0.1) is 0 Å². The lowest BCUT2D eigenvalue weighted by molar-refractivity contribution is -0.114. The molecule has 0 atom stereocenters. The fraction of sp³-hybridized carbons (Fsp3) is 0.143. The van der Waals surface area contributed by atoms with Crippen molar-refractivity contribution in [3.8, 4) is 5.75 Å². The van der Waals surface area contributed by atoms with E-state index >= 15 is 0 Å². The molecule has 230 valence electrons. The van der Waals surface area contributed by atoms with Gasteiger partial charge in [-0.3, -0.25) is 14.4 Å². The highest BCUT2D eigenvalue weighted by Crippen LogP contribution is 2.23. The van der Waals surface area contributed by atoms with Gasteiger partial charge in [0.1, 0.15) is 11.4 Å². The molecule has 4 aromatic rings. The lowest BCUT2D eigenvalue weighted by Crippen LogP contribution is -2.30. The number of ether oxygens (including phenoxy) is 2. The Morgan fingerprint density at radius 1 is 0.733 bits per heavy atom. The minimum Gasteiger partial charge on any atom is -0.494 e. The number of rotatable bonds is 13. The SMILES string of the molecule is CCOC(=O)c1ccc(NC(=O)CSc2cccc(NC(=O)/C(=C\c3ccc(OCC)cc3)NC(=O)c3ccccc3)c2)cc1. The number of nitrogens with one attached hydrogen (secondary N) is 3. The summed E-state index contributed by atoms with van der Waals surface area (Å²) in [6, 6.07) is 29.3. The van der Waals surface area contributed by atoms with Crippen molar-refractivity contribution in [1.82, 2.24) is 5.32 Å². The first-order valence-electron chi connectivity index (χ1n) is 14.3. The normalized spacial score (nSPS) is 10.8. The molecule has 3 amide bonds. The monoisotopic (exact) mass is 623 g/mol. The molecule has 0 unspecified atom stereocenters. The molecule has 0 heterocycles. The first kappa shape index (κ1) is 32.6. The average Bonchev–Trinajstić information content (AvgIpc) is 3.05. The zero-order chi connectivity index (χ0) is 32.0. The van der Waals surface area contributed by atoms with E-state index in [0.29, 0.717) is 40.4 Å². The van der Waals surface area contributed by atoms with E-state index in [9.17, 15) is 19.2 Å². The van der Waals surface area contributed by atoms with Gasteiger partial charge in [-0.05, 0) is 92.2 Å². The minimum atomic E-state index is -0.515. The molecule has 0 fully saturated rings. The van der Waals surface area contributed by atoms with Gasteiger partial charge < -0.3 is 25.4 Å². The van der Waals surface area contributed by atoms with Gasteiger partial charge in [0.25, 0.3) is 11.8 Å². The molecule has 0 radical (unpaired) electrons. The molecule has 45 heavy (non-hydrogen) atoms. The molecule has 0 aliphatic carbocycles. The second kappa shape index (κ2) is 16.5. The lowest BCUT2D eigenvalue weighted by atomic mass is 10.1. The standard InChI is InChI=1S/C35H33N3O6S/c1-3-43-29-19-13-24(14-20-29)21-31(38-33(40)25-9-6-5-7-10-25)34(41)37-28-11-8-12-30(22-28)45-23-32(39)36-27-17-15-26(16-18-27)35(42)44-4-2/h5-22H,3-4,23H2,1-2H3,(H,36,39)(H,37,41)(H,38,40)/b31-21+. The largest absolute Gasteiger partial charge is 0.494 e. The van der Waals surface area contributed by atoms with E-state index in [-0.39, 0.29) is 24.0 Å². The average molecular weight is 624 g/mol. The van der Waals surface area contributed by atoms with Crippen LogP contribution < -0.4 is 20.7 Å². The van der Waals surface area contributed by atoms with E-state index in [1.807, 2.05) is 13.0 Å². The molecule has 9 nitrogen and oxygen atoms in total. The summed E-state index contributed by atoms with van der Waals surface area (Å²) in [6.07, 6.45) is 1.59. The van der Waals surface area contributed by atoms with Crippen molar-refractivity contribution in [2.24, 2.45) is 0 Å². The number of carbonyl (C=O) groups is 4. The Balaban J connectivity index is 1.41. The van der Waals surface area contributed by atoms with Crippen LogP contribution >= 0.6 is 11.8 Å². The Labute approximate surface area is 266 Å². The van der Waals surface area contributed by atoms with Crippen LogP contribution in [-0.4, -0.2) is 42.7 Å². The summed E-state index contributed by atoms with van der Waals surface area (Å²) in [7, 11) is 0. The second-order valence-electron chi connectivity index (χ2n) is 9.50. The summed E-state index contributed by atoms with van der Waals surface area (Å²) in [5, 5.41) is 8.37. The highest BCUT2D eigenvalue weighted by Gasteiger charge is 2.16. The number of carbonyl (C=O) groups excluding carboxylic acids is 4. The predicted molar refractivity (Wildman–Crippen MR) is 176 cm³/mol. The molecular weight excluding hydrogens is 590 g/mol. The van der Waals surface area contributed by atoms with Gasteiger partial charge in [-0.15, -0.1) is 11.8 Å². The van der Waals surface area contributed by atoms with Gasteiger partial charge >= 0.3 is 5.97 Å². The van der Waals surface area contributed by atoms with Crippen molar-refractivity contribution in [1.29, 1.82) is 0 Å². The molecule has 0 aliphatic heterocycles. The Bertz CT molecular complexity index is 1660. The Kier molecular flexibility index (Phi) is 11.9. The number of esters is 1. The Morgan fingerprint density at radius 3 is 2.16 bits per heavy atom. The first-order valence-corrected chi connectivity index (χ1v) is 15.3. The van der Waals surface area contributed by atoms with E-state index in [0.717, 1.165) is 4.90 Å². The van der Waals surface area contributed by atoms with Crippen LogP contribution in [0.5, 0.6) is 5.75 Å². The van der Waals surface area contributed by atoms with Gasteiger partial charge in [0.15, 0.2) is 0 Å². The number of amides is 3. The molecule has 0 saturated carbocycles. The smallest absolute Gasteiger partial charge is 0.338 e. The zero-order valence-electron chi connectivity index (χ0n) is 24.9. The van der Waals surface area contributed by atoms with E-state index in [2.05, 4.69) is 16.0 Å². The fourth-order valence-electron chi connectivity index (χ4n) is 4.05. The Hall–Kier alpha value is -5.35. The van der Waals surface area contributed by atoms with Crippen LogP contribution in [0.1, 0.15) is 40.1 Å². The topological polar surface area (TPSA) is 123 Å². The molecule has 4 rings (SSSR count). The van der Waals surface area contributed by atoms with Gasteiger partial charge in [0.2, 0.25) is 5.91 Å². The van der Waals surface area contributed by atoms with E-state index < -0.39 is 17.8 Å². The van der Waals surface area contributed by atoms with Gasteiger partial charge in [0.05, 0.1) is 24.5 Å². The van der Waals surface area contributed by atoms with E-state index in [1.165, 1.54) is 11.8 Å². The first-order chi connectivity index (χ1) is 21.8. The van der Waals surface area contributed by atoms with Crippen LogP contribution in [-0.2, 0) is 14.3 Å². The third-order valence-electron chi connectivity index (χ3n) is 6.17. The summed E-state index contributed by atoms with van der Waals surface area (Å²) in [5.41, 5.74) is 2.61. The van der Waals surface area contributed by atoms with Crippen LogP contribution in [0.4, 0.5) is 11.4 Å². The molecule has 0 spiro atoms. The molecule has 10 heteroatoms. The van der Waals surface area contributed by atoms with Crippen molar-refractivity contribution in [2.75, 3.05) is 29.6 Å². The van der Waals surface area contributed by atoms with Crippen LogP contribution in [0.25, 0.3) is 6.08 Å². The number of hydrogen-bond acceptors (Lipinski definition) is 7. The number of thioether (sulfide) groups is 1. The van der Waals surface area contributed by atoms with E-state index in [1.54, 1.807) is 110 Å². The predicted octanol–water partition coefficient (Wildman–Crippen LogP) is 6.40. The minimum absolute atomic E-state index is 0.0550. The molecular formula is C35H33N3O6S. The Morgan fingerprint density at radius 2 is 1.47 bits per heavy atom. The molecule has 3 N–H and O–H groups in total. The van der Waals surface area contributed by atoms with Crippen molar-refractivity contribution in [3.63, 3.8) is 0 Å². The fourth-order valence-corrected chi connectivity index (χ4v) is 4.80. The van der Waals surface area contributed by atoms with E-state index in [4.69, 9.17) is 9.47 Å².